The first-order valence-corrected chi connectivity index (χ1v) is 9.51. The van der Waals surface area contributed by atoms with Crippen LogP contribution in [0, 0.1) is 5.82 Å². The van der Waals surface area contributed by atoms with E-state index in [1.807, 2.05) is 0 Å². The van der Waals surface area contributed by atoms with Gasteiger partial charge in [-0.25, -0.2) is 17.5 Å². The van der Waals surface area contributed by atoms with Crippen LogP contribution in [0.5, 0.6) is 0 Å². The average molecular weight is 484 g/mol. The van der Waals surface area contributed by atoms with Gasteiger partial charge in [0, 0.05) is 28.1 Å². The van der Waals surface area contributed by atoms with E-state index in [0.29, 0.717) is 0 Å². The highest BCUT2D eigenvalue weighted by molar-refractivity contribution is 9.11. The molecule has 1 aliphatic rings. The van der Waals surface area contributed by atoms with Crippen LogP contribution in [0.4, 0.5) is 17.6 Å². The van der Waals surface area contributed by atoms with Crippen LogP contribution in [0.3, 0.4) is 0 Å². The van der Waals surface area contributed by atoms with Crippen molar-refractivity contribution in [2.45, 2.75) is 23.5 Å². The Hall–Kier alpha value is -0.230. The molecule has 0 bridgehead atoms. The van der Waals surface area contributed by atoms with E-state index in [4.69, 9.17) is 0 Å². The first-order valence-electron chi connectivity index (χ1n) is 6.44. The van der Waals surface area contributed by atoms with Crippen LogP contribution in [0.1, 0.15) is 6.42 Å². The molecule has 1 atom stereocenters. The molecule has 0 saturated carbocycles. The number of nitrogens with zero attached hydrogens (tertiary/aromatic N) is 1. The van der Waals surface area contributed by atoms with Crippen LogP contribution in [0.2, 0.25) is 0 Å². The molecule has 0 spiro atoms. The number of sulfonamides is 1. The maximum atomic E-state index is 13.2. The van der Waals surface area contributed by atoms with Gasteiger partial charge < -0.3 is 0 Å². The van der Waals surface area contributed by atoms with E-state index < -0.39 is 34.6 Å². The van der Waals surface area contributed by atoms with Gasteiger partial charge in [0.1, 0.15) is 10.7 Å². The number of alkyl halides is 3. The second kappa shape index (κ2) is 6.95. The Labute approximate surface area is 147 Å². The summed E-state index contributed by atoms with van der Waals surface area (Å²) in [6.45, 7) is -0.956. The number of halogens is 6. The third kappa shape index (κ3) is 5.12. The van der Waals surface area contributed by atoms with Crippen molar-refractivity contribution in [3.63, 3.8) is 0 Å². The monoisotopic (exact) mass is 482 g/mol. The molecular weight excluding hydrogens is 472 g/mol. The molecule has 1 aromatic rings. The molecule has 1 saturated heterocycles. The van der Waals surface area contributed by atoms with Crippen molar-refractivity contribution >= 4 is 41.9 Å². The first kappa shape index (κ1) is 19.1. The van der Waals surface area contributed by atoms with E-state index in [1.54, 1.807) is 0 Å². The van der Waals surface area contributed by atoms with E-state index in [1.165, 1.54) is 0 Å². The topological polar surface area (TPSA) is 49.4 Å². The number of nitrogens with one attached hydrogen (secondary N) is 1. The fourth-order valence-electron chi connectivity index (χ4n) is 2.39. The lowest BCUT2D eigenvalue weighted by atomic mass is 10.3. The van der Waals surface area contributed by atoms with E-state index in [9.17, 15) is 26.0 Å². The third-order valence-electron chi connectivity index (χ3n) is 3.23. The number of rotatable bonds is 4. The molecule has 130 valence electrons. The van der Waals surface area contributed by atoms with E-state index in [2.05, 4.69) is 36.6 Å². The van der Waals surface area contributed by atoms with Crippen molar-refractivity contribution < 1.29 is 26.0 Å². The molecule has 2 rings (SSSR count). The van der Waals surface area contributed by atoms with Crippen LogP contribution in [-0.4, -0.2) is 45.2 Å². The summed E-state index contributed by atoms with van der Waals surface area (Å²) in [6, 6.07) is 1.37. The molecule has 1 aromatic carbocycles. The zero-order valence-electron chi connectivity index (χ0n) is 11.5. The van der Waals surface area contributed by atoms with Crippen LogP contribution in [-0.2, 0) is 10.0 Å². The standard InChI is InChI=1S/C12H12Br2F4N2O2S/c13-9-3-7(15)4-10(14)11(9)23(21,22)19-8-1-2-20(5-8)6-12(16,17)18/h3-4,8,19H,1-2,5-6H2. The number of hydrogen-bond acceptors (Lipinski definition) is 3. The molecule has 1 fully saturated rings. The van der Waals surface area contributed by atoms with Crippen LogP contribution in [0.15, 0.2) is 26.0 Å². The quantitative estimate of drug-likeness (QED) is 0.669. The van der Waals surface area contributed by atoms with Crippen LogP contribution < -0.4 is 4.72 Å². The van der Waals surface area contributed by atoms with Crippen molar-refractivity contribution in [3.05, 3.63) is 26.9 Å². The Morgan fingerprint density at radius 2 is 1.83 bits per heavy atom. The Bertz CT molecular complexity index is 674. The molecule has 0 aliphatic carbocycles. The van der Waals surface area contributed by atoms with Gasteiger partial charge in [0.05, 0.1) is 6.54 Å². The smallest absolute Gasteiger partial charge is 0.293 e. The lowest BCUT2D eigenvalue weighted by molar-refractivity contribution is -0.143. The van der Waals surface area contributed by atoms with Crippen molar-refractivity contribution in [1.82, 2.24) is 9.62 Å². The summed E-state index contributed by atoms with van der Waals surface area (Å²) in [5.74, 6) is -0.625. The van der Waals surface area contributed by atoms with Gasteiger partial charge in [0.15, 0.2) is 0 Å². The summed E-state index contributed by atoms with van der Waals surface area (Å²) >= 11 is 5.97. The molecular formula is C12H12Br2F4N2O2S. The summed E-state index contributed by atoms with van der Waals surface area (Å²) in [5, 5.41) is 0. The third-order valence-corrected chi connectivity index (χ3v) is 6.63. The summed E-state index contributed by atoms with van der Waals surface area (Å²) in [4.78, 5) is 0.954. The number of benzene rings is 1. The van der Waals surface area contributed by atoms with Crippen LogP contribution in [0.25, 0.3) is 0 Å². The van der Waals surface area contributed by atoms with Crippen molar-refractivity contribution in [3.8, 4) is 0 Å². The highest BCUT2D eigenvalue weighted by atomic mass is 79.9. The predicted molar refractivity (Wildman–Crippen MR) is 83.0 cm³/mol. The molecule has 1 aliphatic heterocycles. The largest absolute Gasteiger partial charge is 0.401 e. The fourth-order valence-corrected chi connectivity index (χ4v) is 6.18. The second-order valence-corrected chi connectivity index (χ2v) is 8.52. The van der Waals surface area contributed by atoms with Gasteiger partial charge in [-0.2, -0.15) is 13.2 Å². The average Bonchev–Trinajstić information content (AvgIpc) is 2.70. The Kier molecular flexibility index (Phi) is 5.77. The fraction of sp³-hybridized carbons (Fsp3) is 0.500. The Balaban J connectivity index is 2.12. The SMILES string of the molecule is O=S(=O)(NC1CCN(CC(F)(F)F)C1)c1c(Br)cc(F)cc1Br. The molecule has 0 radical (unpaired) electrons. The molecule has 23 heavy (non-hydrogen) atoms. The number of hydrogen-bond donors (Lipinski definition) is 1. The van der Waals surface area contributed by atoms with Crippen molar-refractivity contribution in [2.75, 3.05) is 19.6 Å². The predicted octanol–water partition coefficient (Wildman–Crippen LogP) is 3.27. The number of likely N-dealkylation sites (tertiary alicyclic amines) is 1. The minimum atomic E-state index is -4.32. The molecule has 4 nitrogen and oxygen atoms in total. The van der Waals surface area contributed by atoms with Crippen molar-refractivity contribution in [1.29, 1.82) is 0 Å². The van der Waals surface area contributed by atoms with Crippen LogP contribution >= 0.6 is 31.9 Å². The lowest BCUT2D eigenvalue weighted by Crippen LogP contribution is -2.39. The maximum absolute atomic E-state index is 13.2. The Morgan fingerprint density at radius 1 is 1.26 bits per heavy atom. The molecule has 1 N–H and O–H groups in total. The molecule has 1 unspecified atom stereocenters. The van der Waals surface area contributed by atoms with Gasteiger partial charge in [-0.05, 0) is 50.4 Å². The highest BCUT2D eigenvalue weighted by Crippen LogP contribution is 2.31. The van der Waals surface area contributed by atoms with Gasteiger partial charge >= 0.3 is 6.18 Å². The molecule has 11 heteroatoms. The van der Waals surface area contributed by atoms with Gasteiger partial charge in [0.25, 0.3) is 0 Å². The lowest BCUT2D eigenvalue weighted by Gasteiger charge is -2.18. The summed E-state index contributed by atoms with van der Waals surface area (Å²) in [6.07, 6.45) is -4.05. The van der Waals surface area contributed by atoms with Crippen molar-refractivity contribution in [2.24, 2.45) is 0 Å². The summed E-state index contributed by atoms with van der Waals surface area (Å²) < 4.78 is 77.5. The van der Waals surface area contributed by atoms with Gasteiger partial charge in [-0.1, -0.05) is 0 Å². The summed E-state index contributed by atoms with van der Waals surface area (Å²) in [5.41, 5.74) is 0. The minimum absolute atomic E-state index is 0.0296. The van der Waals surface area contributed by atoms with E-state index in [0.717, 1.165) is 17.0 Å². The zero-order chi connectivity index (χ0) is 17.4. The van der Waals surface area contributed by atoms with Gasteiger partial charge in [-0.15, -0.1) is 0 Å². The molecule has 1 heterocycles. The second-order valence-electron chi connectivity index (χ2n) is 5.16. The van der Waals surface area contributed by atoms with Gasteiger partial charge in [0.2, 0.25) is 10.0 Å². The molecule has 0 amide bonds. The minimum Gasteiger partial charge on any atom is -0.293 e. The maximum Gasteiger partial charge on any atom is 0.401 e. The molecule has 0 aromatic heterocycles. The van der Waals surface area contributed by atoms with Gasteiger partial charge in [-0.3, -0.25) is 4.90 Å². The highest BCUT2D eigenvalue weighted by Gasteiger charge is 2.36. The Morgan fingerprint density at radius 3 is 2.35 bits per heavy atom. The zero-order valence-corrected chi connectivity index (χ0v) is 15.5. The normalized spacial score (nSPS) is 20.2. The first-order chi connectivity index (χ1) is 10.5. The van der Waals surface area contributed by atoms with E-state index >= 15 is 0 Å². The van der Waals surface area contributed by atoms with E-state index in [-0.39, 0.29) is 33.4 Å². The summed E-state index contributed by atoms with van der Waals surface area (Å²) in [7, 11) is -4.01.